The molecule has 0 aromatic carbocycles. The van der Waals surface area contributed by atoms with Gasteiger partial charge in [0.2, 0.25) is 0 Å². The van der Waals surface area contributed by atoms with Gasteiger partial charge in [-0.2, -0.15) is 0 Å². The van der Waals surface area contributed by atoms with Crippen LogP contribution in [0.1, 0.15) is 32.2 Å². The van der Waals surface area contributed by atoms with Gasteiger partial charge in [-0.3, -0.25) is 4.98 Å². The monoisotopic (exact) mass is 313 g/mol. The summed E-state index contributed by atoms with van der Waals surface area (Å²) in [6, 6.07) is 6.06. The molecular formula is C18H27N5. The predicted octanol–water partition coefficient (Wildman–Crippen LogP) is 2.74. The second-order valence-corrected chi connectivity index (χ2v) is 7.07. The molecule has 5 nitrogen and oxygen atoms in total. The molecule has 0 aliphatic carbocycles. The van der Waals surface area contributed by atoms with Crippen molar-refractivity contribution in [2.75, 3.05) is 32.1 Å². The first kappa shape index (κ1) is 17.3. The van der Waals surface area contributed by atoms with Crippen LogP contribution in [0.3, 0.4) is 0 Å². The number of rotatable bonds is 6. The molecule has 124 valence electrons. The molecule has 2 heterocycles. The second kappa shape index (κ2) is 7.51. The molecule has 23 heavy (non-hydrogen) atoms. The summed E-state index contributed by atoms with van der Waals surface area (Å²) in [5.74, 6) is 1.84. The predicted molar refractivity (Wildman–Crippen MR) is 94.6 cm³/mol. The molecule has 0 N–H and O–H groups in total. The SMILES string of the molecule is CN(C)CCN(Cc1cccnc1)c1ccnc(C(C)(C)C)n1. The molecule has 0 aliphatic rings. The highest BCUT2D eigenvalue weighted by Crippen LogP contribution is 2.21. The number of nitrogens with zero attached hydrogens (tertiary/aromatic N) is 5. The number of anilines is 1. The maximum atomic E-state index is 4.79. The second-order valence-electron chi connectivity index (χ2n) is 7.07. The summed E-state index contributed by atoms with van der Waals surface area (Å²) >= 11 is 0. The highest BCUT2D eigenvalue weighted by molar-refractivity contribution is 5.39. The van der Waals surface area contributed by atoms with E-state index in [1.807, 2.05) is 24.5 Å². The van der Waals surface area contributed by atoms with Crippen molar-refractivity contribution in [3.8, 4) is 0 Å². The van der Waals surface area contributed by atoms with Gasteiger partial charge in [-0.05, 0) is 31.8 Å². The molecule has 2 aromatic rings. The van der Waals surface area contributed by atoms with Crippen LogP contribution in [0.4, 0.5) is 5.82 Å². The van der Waals surface area contributed by atoms with E-state index in [1.165, 1.54) is 5.56 Å². The number of hydrogen-bond acceptors (Lipinski definition) is 5. The molecule has 2 aromatic heterocycles. The van der Waals surface area contributed by atoms with Crippen LogP contribution >= 0.6 is 0 Å². The quantitative estimate of drug-likeness (QED) is 0.820. The van der Waals surface area contributed by atoms with Crippen LogP contribution in [0.2, 0.25) is 0 Å². The van der Waals surface area contributed by atoms with Crippen molar-refractivity contribution in [1.29, 1.82) is 0 Å². The van der Waals surface area contributed by atoms with E-state index in [0.29, 0.717) is 0 Å². The Labute approximate surface area is 139 Å². The summed E-state index contributed by atoms with van der Waals surface area (Å²) in [6.45, 7) is 9.08. The van der Waals surface area contributed by atoms with E-state index in [4.69, 9.17) is 4.98 Å². The third-order valence-electron chi connectivity index (χ3n) is 3.55. The van der Waals surface area contributed by atoms with Crippen LogP contribution in [0.5, 0.6) is 0 Å². The van der Waals surface area contributed by atoms with Gasteiger partial charge in [0.05, 0.1) is 0 Å². The average Bonchev–Trinajstić information content (AvgIpc) is 2.51. The van der Waals surface area contributed by atoms with Gasteiger partial charge in [0.1, 0.15) is 11.6 Å². The summed E-state index contributed by atoms with van der Waals surface area (Å²) in [6.07, 6.45) is 5.57. The van der Waals surface area contributed by atoms with Gasteiger partial charge in [-0.25, -0.2) is 9.97 Å². The maximum absolute atomic E-state index is 4.79. The molecule has 0 unspecified atom stereocenters. The summed E-state index contributed by atoms with van der Waals surface area (Å²) < 4.78 is 0. The van der Waals surface area contributed by atoms with Crippen LogP contribution in [0.25, 0.3) is 0 Å². The van der Waals surface area contributed by atoms with Crippen molar-refractivity contribution < 1.29 is 0 Å². The van der Waals surface area contributed by atoms with Gasteiger partial charge in [0.25, 0.3) is 0 Å². The smallest absolute Gasteiger partial charge is 0.135 e. The fraction of sp³-hybridized carbons (Fsp3) is 0.500. The van der Waals surface area contributed by atoms with Crippen LogP contribution in [-0.2, 0) is 12.0 Å². The van der Waals surface area contributed by atoms with Crippen LogP contribution < -0.4 is 4.90 Å². The zero-order valence-corrected chi connectivity index (χ0v) is 14.8. The molecule has 2 rings (SSSR count). The molecule has 0 saturated carbocycles. The Morgan fingerprint density at radius 1 is 1.04 bits per heavy atom. The van der Waals surface area contributed by atoms with Crippen molar-refractivity contribution in [1.82, 2.24) is 19.9 Å². The summed E-state index contributed by atoms with van der Waals surface area (Å²) in [5, 5.41) is 0. The molecule has 0 saturated heterocycles. The van der Waals surface area contributed by atoms with Crippen molar-refractivity contribution in [2.24, 2.45) is 0 Å². The van der Waals surface area contributed by atoms with Gasteiger partial charge >= 0.3 is 0 Å². The van der Waals surface area contributed by atoms with Crippen molar-refractivity contribution in [3.05, 3.63) is 48.2 Å². The Balaban J connectivity index is 2.25. The Hall–Kier alpha value is -2.01. The summed E-state index contributed by atoms with van der Waals surface area (Å²) in [7, 11) is 4.17. The van der Waals surface area contributed by atoms with Crippen LogP contribution in [-0.4, -0.2) is 47.0 Å². The first-order valence-corrected chi connectivity index (χ1v) is 7.98. The molecule has 5 heteroatoms. The van der Waals surface area contributed by atoms with Crippen LogP contribution in [0, 0.1) is 0 Å². The van der Waals surface area contributed by atoms with Gasteiger partial charge < -0.3 is 9.80 Å². The molecule has 0 amide bonds. The summed E-state index contributed by atoms with van der Waals surface area (Å²) in [4.78, 5) is 17.9. The minimum Gasteiger partial charge on any atom is -0.351 e. The van der Waals surface area contributed by atoms with Gasteiger partial charge in [-0.1, -0.05) is 26.8 Å². The highest BCUT2D eigenvalue weighted by Gasteiger charge is 2.19. The molecular weight excluding hydrogens is 286 g/mol. The Morgan fingerprint density at radius 3 is 2.43 bits per heavy atom. The number of likely N-dealkylation sites (N-methyl/N-ethyl adjacent to an activating group) is 1. The fourth-order valence-electron chi connectivity index (χ4n) is 2.19. The third-order valence-corrected chi connectivity index (χ3v) is 3.55. The third kappa shape index (κ3) is 5.28. The normalized spacial score (nSPS) is 11.7. The lowest BCUT2D eigenvalue weighted by molar-refractivity contribution is 0.411. The average molecular weight is 313 g/mol. The van der Waals surface area contributed by atoms with Gasteiger partial charge in [-0.15, -0.1) is 0 Å². The Bertz CT molecular complexity index is 604. The molecule has 0 spiro atoms. The van der Waals surface area contributed by atoms with Crippen molar-refractivity contribution in [3.63, 3.8) is 0 Å². The standard InChI is InChI=1S/C18H27N5/c1-18(2,3)17-20-10-8-16(21-17)23(12-11-22(4)5)14-15-7-6-9-19-13-15/h6-10,13H,11-12,14H2,1-5H3. The van der Waals surface area contributed by atoms with Crippen LogP contribution in [0.15, 0.2) is 36.8 Å². The first-order chi connectivity index (χ1) is 10.9. The Kier molecular flexibility index (Phi) is 5.66. The molecule has 0 atom stereocenters. The lowest BCUT2D eigenvalue weighted by Gasteiger charge is -2.27. The minimum atomic E-state index is -0.0580. The van der Waals surface area contributed by atoms with E-state index < -0.39 is 0 Å². The largest absolute Gasteiger partial charge is 0.351 e. The molecule has 0 aliphatic heterocycles. The van der Waals surface area contributed by atoms with Gasteiger partial charge in [0.15, 0.2) is 0 Å². The lowest BCUT2D eigenvalue weighted by Crippen LogP contribution is -2.32. The number of aromatic nitrogens is 3. The maximum Gasteiger partial charge on any atom is 0.135 e. The molecule has 0 radical (unpaired) electrons. The summed E-state index contributed by atoms with van der Waals surface area (Å²) in [5.41, 5.74) is 1.12. The molecule has 0 bridgehead atoms. The fourth-order valence-corrected chi connectivity index (χ4v) is 2.19. The Morgan fingerprint density at radius 2 is 1.83 bits per heavy atom. The van der Waals surface area contributed by atoms with Crippen molar-refractivity contribution >= 4 is 5.82 Å². The minimum absolute atomic E-state index is 0.0580. The topological polar surface area (TPSA) is 45.2 Å². The van der Waals surface area contributed by atoms with E-state index in [9.17, 15) is 0 Å². The first-order valence-electron chi connectivity index (χ1n) is 7.98. The zero-order chi connectivity index (χ0) is 16.9. The van der Waals surface area contributed by atoms with Crippen molar-refractivity contribution in [2.45, 2.75) is 32.7 Å². The molecule has 0 fully saturated rings. The van der Waals surface area contributed by atoms with Gasteiger partial charge in [0, 0.05) is 43.6 Å². The highest BCUT2D eigenvalue weighted by atomic mass is 15.2. The van der Waals surface area contributed by atoms with E-state index in [1.54, 1.807) is 6.20 Å². The van der Waals surface area contributed by atoms with E-state index in [2.05, 4.69) is 60.7 Å². The van der Waals surface area contributed by atoms with E-state index in [0.717, 1.165) is 31.3 Å². The van der Waals surface area contributed by atoms with E-state index >= 15 is 0 Å². The number of pyridine rings is 1. The lowest BCUT2D eigenvalue weighted by atomic mass is 9.96. The zero-order valence-electron chi connectivity index (χ0n) is 14.8. The number of hydrogen-bond donors (Lipinski definition) is 0. The van der Waals surface area contributed by atoms with E-state index in [-0.39, 0.29) is 5.41 Å².